The van der Waals surface area contributed by atoms with E-state index in [0.717, 1.165) is 0 Å². The van der Waals surface area contributed by atoms with Gasteiger partial charge >= 0.3 is 292 Å². The SMILES string of the molecule is CCCC1=Cc2c(-c3cccc4ccccc34)cccc2[CH]1[Hf]1([CH]2C(CCC)=Cc3c(-c4cccc5ccccc45)cccc32)[CH2]C[CH2]1.Cl.Cl. The molecule has 0 nitrogen and oxygen atoms in total. The Balaban J connectivity index is 0.00000196. The first kappa shape index (κ1) is 35.2. The van der Waals surface area contributed by atoms with Crippen molar-refractivity contribution in [3.63, 3.8) is 0 Å². The molecular weight excluding hydrogens is 814 g/mol. The molecule has 0 aromatic heterocycles. The van der Waals surface area contributed by atoms with Gasteiger partial charge in [-0.3, -0.25) is 0 Å². The molecule has 6 aromatic carbocycles. The Bertz CT molecular complexity index is 2110. The molecule has 0 N–H and O–H groups in total. The number of halogens is 2. The van der Waals surface area contributed by atoms with Gasteiger partial charge in [0.05, 0.1) is 0 Å². The van der Waals surface area contributed by atoms with Crippen LogP contribution in [0.25, 0.3) is 56.0 Å². The van der Waals surface area contributed by atoms with Crippen LogP contribution in [-0.2, 0) is 20.0 Å². The summed E-state index contributed by atoms with van der Waals surface area (Å²) in [6.07, 6.45) is 11.7. The number of hydrogen-bond donors (Lipinski definition) is 0. The number of rotatable bonds is 8. The largest absolute Gasteiger partial charge is 0.147 e. The fourth-order valence-corrected chi connectivity index (χ4v) is 32.8. The van der Waals surface area contributed by atoms with Crippen LogP contribution in [-0.4, -0.2) is 0 Å². The molecule has 1 saturated heterocycles. The molecule has 6 aromatic rings. The average molecular weight is 860 g/mol. The van der Waals surface area contributed by atoms with Crippen molar-refractivity contribution in [2.75, 3.05) is 0 Å². The molecule has 3 aliphatic rings. The van der Waals surface area contributed by atoms with E-state index in [1.165, 1.54) is 95.4 Å². The molecule has 0 spiro atoms. The second-order valence-electron chi connectivity index (χ2n) is 14.6. The maximum Gasteiger partial charge on any atom is -0.147 e. The molecule has 50 heavy (non-hydrogen) atoms. The van der Waals surface area contributed by atoms with Gasteiger partial charge in [-0.25, -0.2) is 0 Å². The molecule has 0 saturated carbocycles. The molecule has 2 unspecified atom stereocenters. The van der Waals surface area contributed by atoms with Crippen LogP contribution in [0.4, 0.5) is 0 Å². The fraction of sp³-hybridized carbons (Fsp3) is 0.234. The van der Waals surface area contributed by atoms with Gasteiger partial charge in [0.15, 0.2) is 0 Å². The summed E-state index contributed by atoms with van der Waals surface area (Å²) in [5.74, 6) is 0. The maximum atomic E-state index is 2.69. The van der Waals surface area contributed by atoms with Gasteiger partial charge in [-0.2, -0.15) is 0 Å². The molecule has 0 amide bonds. The summed E-state index contributed by atoms with van der Waals surface area (Å²) >= 11 is -3.12. The predicted octanol–water partition coefficient (Wildman–Crippen LogP) is 14.7. The molecule has 1 heterocycles. The minimum Gasteiger partial charge on any atom is -0.147 e. The van der Waals surface area contributed by atoms with Crippen LogP contribution >= 0.6 is 24.8 Å². The second kappa shape index (κ2) is 14.4. The van der Waals surface area contributed by atoms with E-state index in [9.17, 15) is 0 Å². The Morgan fingerprint density at radius 3 is 1.30 bits per heavy atom. The van der Waals surface area contributed by atoms with Crippen molar-refractivity contribution < 1.29 is 20.0 Å². The van der Waals surface area contributed by atoms with E-state index in [1.807, 2.05) is 0 Å². The van der Waals surface area contributed by atoms with Gasteiger partial charge in [0, 0.05) is 0 Å². The molecule has 3 heteroatoms. The van der Waals surface area contributed by atoms with Crippen LogP contribution in [0, 0.1) is 0 Å². The van der Waals surface area contributed by atoms with Crippen molar-refractivity contribution in [1.29, 1.82) is 0 Å². The first-order valence-electron chi connectivity index (χ1n) is 18.3. The van der Waals surface area contributed by atoms with Gasteiger partial charge < -0.3 is 0 Å². The van der Waals surface area contributed by atoms with E-state index in [-0.39, 0.29) is 24.8 Å². The number of hydrogen-bond acceptors (Lipinski definition) is 0. The summed E-state index contributed by atoms with van der Waals surface area (Å²) in [7, 11) is 0. The summed E-state index contributed by atoms with van der Waals surface area (Å²) < 4.78 is 4.38. The Morgan fingerprint density at radius 1 is 0.480 bits per heavy atom. The third-order valence-corrected chi connectivity index (χ3v) is 34.4. The molecule has 1 fully saturated rings. The van der Waals surface area contributed by atoms with Crippen LogP contribution in [0.15, 0.2) is 132 Å². The summed E-state index contributed by atoms with van der Waals surface area (Å²) in [5.41, 5.74) is 15.5. The van der Waals surface area contributed by atoms with Gasteiger partial charge in [-0.05, 0) is 0 Å². The van der Waals surface area contributed by atoms with Crippen molar-refractivity contribution in [1.82, 2.24) is 0 Å². The van der Waals surface area contributed by atoms with Gasteiger partial charge in [0.1, 0.15) is 0 Å². The minimum absolute atomic E-state index is 0. The molecule has 252 valence electrons. The van der Waals surface area contributed by atoms with E-state index >= 15 is 0 Å². The van der Waals surface area contributed by atoms with Crippen molar-refractivity contribution in [3.8, 4) is 22.3 Å². The zero-order valence-corrected chi connectivity index (χ0v) is 34.3. The molecule has 9 rings (SSSR count). The number of allylic oxidation sites excluding steroid dienone is 2. The van der Waals surface area contributed by atoms with E-state index in [1.54, 1.807) is 22.3 Å². The Morgan fingerprint density at radius 2 is 0.880 bits per heavy atom. The van der Waals surface area contributed by atoms with Crippen LogP contribution in [0.1, 0.15) is 75.6 Å². The first-order valence-corrected chi connectivity index (χ1v) is 27.6. The molecular formula is C47H46Cl2Hf. The van der Waals surface area contributed by atoms with Crippen molar-refractivity contribution >= 4 is 58.5 Å². The van der Waals surface area contributed by atoms with E-state index in [2.05, 4.69) is 147 Å². The normalized spacial score (nSPS) is 18.4. The molecule has 0 bridgehead atoms. The maximum absolute atomic E-state index is 3.12. The van der Waals surface area contributed by atoms with Crippen molar-refractivity contribution in [2.24, 2.45) is 0 Å². The molecule has 0 radical (unpaired) electrons. The van der Waals surface area contributed by atoms with Gasteiger partial charge in [0.2, 0.25) is 0 Å². The number of fused-ring (bicyclic) bond motifs is 4. The van der Waals surface area contributed by atoms with E-state index < -0.39 is 20.0 Å². The smallest absolute Gasteiger partial charge is 0.147 e. The third kappa shape index (κ3) is 5.51. The van der Waals surface area contributed by atoms with Gasteiger partial charge in [-0.15, -0.1) is 24.8 Å². The van der Waals surface area contributed by atoms with Gasteiger partial charge in [0.25, 0.3) is 0 Å². The van der Waals surface area contributed by atoms with E-state index in [0.29, 0.717) is 7.35 Å². The first-order chi connectivity index (χ1) is 23.7. The quantitative estimate of drug-likeness (QED) is 0.134. The van der Waals surface area contributed by atoms with Gasteiger partial charge in [-0.1, -0.05) is 0 Å². The Kier molecular flexibility index (Phi) is 10.1. The summed E-state index contributed by atoms with van der Waals surface area (Å²) in [5, 5.41) is 5.39. The monoisotopic (exact) mass is 860 g/mol. The molecule has 2 aliphatic carbocycles. The summed E-state index contributed by atoms with van der Waals surface area (Å²) in [6, 6.07) is 46.2. The van der Waals surface area contributed by atoms with Crippen molar-refractivity contribution in [3.05, 3.63) is 155 Å². The van der Waals surface area contributed by atoms with Crippen LogP contribution in [0.2, 0.25) is 8.35 Å². The van der Waals surface area contributed by atoms with Crippen LogP contribution < -0.4 is 0 Å². The molecule has 1 aliphatic heterocycles. The van der Waals surface area contributed by atoms with E-state index in [4.69, 9.17) is 0 Å². The zero-order valence-electron chi connectivity index (χ0n) is 29.1. The average Bonchev–Trinajstić information content (AvgIpc) is 3.66. The van der Waals surface area contributed by atoms with Crippen LogP contribution in [0.5, 0.6) is 0 Å². The topological polar surface area (TPSA) is 0 Å². The summed E-state index contributed by atoms with van der Waals surface area (Å²) in [6.45, 7) is 4.78. The fourth-order valence-electron chi connectivity index (χ4n) is 10.0. The predicted molar refractivity (Wildman–Crippen MR) is 219 cm³/mol. The second-order valence-corrected chi connectivity index (χ2v) is 31.2. The standard InChI is InChI=1S/2C22H19.C3H6.2ClH.Hf/c2*1-2-7-16-14-18-10-6-13-21(22(18)15-16)20-12-5-9-17-8-3-4-11-19(17)20;1-3-2;;;/h2*3-6,8-15H,2,7H2,1H3;1-3H2;2*1H;. The Hall–Kier alpha value is -3.23. The number of benzene rings is 6. The summed E-state index contributed by atoms with van der Waals surface area (Å²) in [4.78, 5) is 0. The van der Waals surface area contributed by atoms with Crippen LogP contribution in [0.3, 0.4) is 0 Å². The third-order valence-electron chi connectivity index (χ3n) is 12.0. The zero-order chi connectivity index (χ0) is 32.2. The minimum atomic E-state index is -3.12. The Labute approximate surface area is 314 Å². The molecule has 2 atom stereocenters. The van der Waals surface area contributed by atoms with Crippen molar-refractivity contribution in [2.45, 2.75) is 61.7 Å².